The molecule has 18 heavy (non-hydrogen) atoms. The number of imidazole rings is 1. The summed E-state index contributed by atoms with van der Waals surface area (Å²) in [5.41, 5.74) is 7.96. The highest BCUT2D eigenvalue weighted by Gasteiger charge is 2.09. The van der Waals surface area contributed by atoms with E-state index in [1.165, 1.54) is 5.52 Å². The standard InChI is InChI=1S/C14H22N4/c1-17(2)10-5-11-18-13-7-4-3-6-12(13)16-14(18)8-9-15/h3-4,6-7H,5,8-11,15H2,1-2H3. The monoisotopic (exact) mass is 246 g/mol. The average molecular weight is 246 g/mol. The van der Waals surface area contributed by atoms with E-state index in [0.29, 0.717) is 6.54 Å². The number of hydrogen-bond donors (Lipinski definition) is 1. The molecular formula is C14H22N4. The van der Waals surface area contributed by atoms with Crippen LogP contribution in [0.25, 0.3) is 11.0 Å². The van der Waals surface area contributed by atoms with E-state index in [0.717, 1.165) is 37.3 Å². The molecule has 0 fully saturated rings. The fraction of sp³-hybridized carbons (Fsp3) is 0.500. The number of aromatic nitrogens is 2. The number of nitrogens with two attached hydrogens (primary N) is 1. The minimum atomic E-state index is 0.650. The zero-order valence-corrected chi connectivity index (χ0v) is 11.3. The molecule has 0 radical (unpaired) electrons. The first-order valence-corrected chi connectivity index (χ1v) is 6.51. The lowest BCUT2D eigenvalue weighted by Gasteiger charge is -2.12. The van der Waals surface area contributed by atoms with Crippen molar-refractivity contribution < 1.29 is 0 Å². The maximum atomic E-state index is 5.67. The number of aryl methyl sites for hydroxylation is 1. The van der Waals surface area contributed by atoms with Crippen molar-refractivity contribution in [1.82, 2.24) is 14.5 Å². The largest absolute Gasteiger partial charge is 0.330 e. The van der Waals surface area contributed by atoms with Gasteiger partial charge in [-0.3, -0.25) is 0 Å². The van der Waals surface area contributed by atoms with E-state index in [-0.39, 0.29) is 0 Å². The Morgan fingerprint density at radius 2 is 2.06 bits per heavy atom. The van der Waals surface area contributed by atoms with E-state index < -0.39 is 0 Å². The van der Waals surface area contributed by atoms with E-state index in [1.54, 1.807) is 0 Å². The summed E-state index contributed by atoms with van der Waals surface area (Å²) < 4.78 is 2.31. The summed E-state index contributed by atoms with van der Waals surface area (Å²) in [7, 11) is 4.21. The first-order valence-electron chi connectivity index (χ1n) is 6.51. The molecule has 98 valence electrons. The highest BCUT2D eigenvalue weighted by molar-refractivity contribution is 5.75. The molecule has 2 aromatic rings. The Kier molecular flexibility index (Phi) is 4.33. The first kappa shape index (κ1) is 13.1. The molecule has 0 aliphatic carbocycles. The molecule has 0 amide bonds. The predicted octanol–water partition coefficient (Wildman–Crippen LogP) is 1.49. The molecule has 1 aromatic heterocycles. The van der Waals surface area contributed by atoms with Gasteiger partial charge in [0.15, 0.2) is 0 Å². The highest BCUT2D eigenvalue weighted by atomic mass is 15.1. The van der Waals surface area contributed by atoms with E-state index in [9.17, 15) is 0 Å². The Labute approximate surface area is 108 Å². The molecule has 4 heteroatoms. The lowest BCUT2D eigenvalue weighted by Crippen LogP contribution is -2.16. The van der Waals surface area contributed by atoms with Crippen molar-refractivity contribution in [2.24, 2.45) is 5.73 Å². The smallest absolute Gasteiger partial charge is 0.111 e. The van der Waals surface area contributed by atoms with E-state index in [4.69, 9.17) is 5.73 Å². The molecule has 0 bridgehead atoms. The molecule has 0 aliphatic heterocycles. The Balaban J connectivity index is 2.24. The molecule has 1 heterocycles. The minimum Gasteiger partial charge on any atom is -0.330 e. The van der Waals surface area contributed by atoms with Crippen molar-refractivity contribution in [2.75, 3.05) is 27.2 Å². The number of hydrogen-bond acceptors (Lipinski definition) is 3. The average Bonchev–Trinajstić information content (AvgIpc) is 2.68. The number of rotatable bonds is 6. The molecule has 0 saturated heterocycles. The van der Waals surface area contributed by atoms with Crippen molar-refractivity contribution in [1.29, 1.82) is 0 Å². The van der Waals surface area contributed by atoms with Crippen LogP contribution in [0.4, 0.5) is 0 Å². The van der Waals surface area contributed by atoms with Gasteiger partial charge in [-0.15, -0.1) is 0 Å². The van der Waals surface area contributed by atoms with Crippen molar-refractivity contribution in [3.63, 3.8) is 0 Å². The zero-order valence-electron chi connectivity index (χ0n) is 11.3. The molecule has 0 unspecified atom stereocenters. The van der Waals surface area contributed by atoms with Crippen LogP contribution in [0.5, 0.6) is 0 Å². The van der Waals surface area contributed by atoms with Gasteiger partial charge in [0.1, 0.15) is 5.82 Å². The third kappa shape index (κ3) is 2.89. The van der Waals surface area contributed by atoms with Crippen LogP contribution >= 0.6 is 0 Å². The summed E-state index contributed by atoms with van der Waals surface area (Å²) in [5, 5.41) is 0. The lowest BCUT2D eigenvalue weighted by atomic mass is 10.3. The van der Waals surface area contributed by atoms with Crippen molar-refractivity contribution in [2.45, 2.75) is 19.4 Å². The topological polar surface area (TPSA) is 47.1 Å². The van der Waals surface area contributed by atoms with E-state index in [1.807, 2.05) is 6.07 Å². The molecule has 2 N–H and O–H groups in total. The Morgan fingerprint density at radius 3 is 2.78 bits per heavy atom. The zero-order chi connectivity index (χ0) is 13.0. The third-order valence-electron chi connectivity index (χ3n) is 3.09. The molecule has 0 aliphatic rings. The number of benzene rings is 1. The second-order valence-electron chi connectivity index (χ2n) is 4.86. The van der Waals surface area contributed by atoms with Gasteiger partial charge in [0.2, 0.25) is 0 Å². The van der Waals surface area contributed by atoms with Crippen LogP contribution < -0.4 is 5.73 Å². The quantitative estimate of drug-likeness (QED) is 0.840. The summed E-state index contributed by atoms with van der Waals surface area (Å²) in [5.74, 6) is 1.11. The van der Waals surface area contributed by atoms with E-state index >= 15 is 0 Å². The van der Waals surface area contributed by atoms with Gasteiger partial charge in [-0.2, -0.15) is 0 Å². The summed E-state index contributed by atoms with van der Waals surface area (Å²) in [4.78, 5) is 6.88. The normalized spacial score (nSPS) is 11.6. The molecular weight excluding hydrogens is 224 g/mol. The fourth-order valence-corrected chi connectivity index (χ4v) is 2.24. The predicted molar refractivity (Wildman–Crippen MR) is 75.7 cm³/mol. The van der Waals surface area contributed by atoms with Gasteiger partial charge in [0.25, 0.3) is 0 Å². The van der Waals surface area contributed by atoms with Crippen LogP contribution in [0.1, 0.15) is 12.2 Å². The molecule has 2 rings (SSSR count). The molecule has 0 spiro atoms. The Hall–Kier alpha value is -1.39. The van der Waals surface area contributed by atoms with Crippen LogP contribution in [0.15, 0.2) is 24.3 Å². The first-order chi connectivity index (χ1) is 8.72. The molecule has 0 atom stereocenters. The molecule has 0 saturated carbocycles. The maximum Gasteiger partial charge on any atom is 0.111 e. The SMILES string of the molecule is CN(C)CCCn1c(CCN)nc2ccccc21. The van der Waals surface area contributed by atoms with Gasteiger partial charge < -0.3 is 15.2 Å². The fourth-order valence-electron chi connectivity index (χ4n) is 2.24. The third-order valence-corrected chi connectivity index (χ3v) is 3.09. The van der Waals surface area contributed by atoms with E-state index in [2.05, 4.69) is 46.7 Å². The number of fused-ring (bicyclic) bond motifs is 1. The van der Waals surface area contributed by atoms with Crippen LogP contribution in [0.3, 0.4) is 0 Å². The summed E-state index contributed by atoms with van der Waals surface area (Å²) in [6.45, 7) is 2.75. The number of para-hydroxylation sites is 2. The van der Waals surface area contributed by atoms with Crippen LogP contribution in [0.2, 0.25) is 0 Å². The lowest BCUT2D eigenvalue weighted by molar-refractivity contribution is 0.386. The maximum absolute atomic E-state index is 5.67. The summed E-state index contributed by atoms with van der Waals surface area (Å²) in [6.07, 6.45) is 1.97. The van der Waals surface area contributed by atoms with Crippen LogP contribution in [-0.4, -0.2) is 41.6 Å². The summed E-state index contributed by atoms with van der Waals surface area (Å²) >= 11 is 0. The summed E-state index contributed by atoms with van der Waals surface area (Å²) in [6, 6.07) is 8.31. The minimum absolute atomic E-state index is 0.650. The molecule has 4 nitrogen and oxygen atoms in total. The van der Waals surface area contributed by atoms with Gasteiger partial charge in [0.05, 0.1) is 11.0 Å². The van der Waals surface area contributed by atoms with Gasteiger partial charge in [-0.05, 0) is 45.7 Å². The second kappa shape index (κ2) is 5.98. The number of nitrogens with zero attached hydrogens (tertiary/aromatic N) is 3. The van der Waals surface area contributed by atoms with Crippen LogP contribution in [0, 0.1) is 0 Å². The van der Waals surface area contributed by atoms with Gasteiger partial charge in [-0.1, -0.05) is 12.1 Å². The Bertz CT molecular complexity index is 501. The van der Waals surface area contributed by atoms with Crippen LogP contribution in [-0.2, 0) is 13.0 Å². The van der Waals surface area contributed by atoms with Crippen molar-refractivity contribution >= 4 is 11.0 Å². The van der Waals surface area contributed by atoms with Crippen molar-refractivity contribution in [3.05, 3.63) is 30.1 Å². The molecule has 1 aromatic carbocycles. The highest BCUT2D eigenvalue weighted by Crippen LogP contribution is 2.16. The van der Waals surface area contributed by atoms with Gasteiger partial charge in [-0.25, -0.2) is 4.98 Å². The van der Waals surface area contributed by atoms with Crippen molar-refractivity contribution in [3.8, 4) is 0 Å². The van der Waals surface area contributed by atoms with Gasteiger partial charge in [0, 0.05) is 13.0 Å². The second-order valence-corrected chi connectivity index (χ2v) is 4.86. The Morgan fingerprint density at radius 1 is 1.28 bits per heavy atom. The van der Waals surface area contributed by atoms with Gasteiger partial charge >= 0.3 is 0 Å².